The van der Waals surface area contributed by atoms with Crippen molar-refractivity contribution in [3.8, 4) is 0 Å². The minimum atomic E-state index is -4.13. The number of alkyl halides is 3. The largest absolute Gasteiger partial charge is 0.391 e. The van der Waals surface area contributed by atoms with Crippen LogP contribution in [0.2, 0.25) is 0 Å². The molecule has 1 fully saturated rings. The second-order valence-corrected chi connectivity index (χ2v) is 6.16. The first kappa shape index (κ1) is 14.9. The fraction of sp³-hybridized carbons (Fsp3) is 0.571. The quantitative estimate of drug-likeness (QED) is 0.844. The minimum Gasteiger partial charge on any atom is -0.390 e. The lowest BCUT2D eigenvalue weighted by molar-refractivity contribution is -0.192. The van der Waals surface area contributed by atoms with E-state index in [1.807, 2.05) is 24.3 Å². The highest BCUT2D eigenvalue weighted by atomic mass is 79.9. The van der Waals surface area contributed by atoms with Crippen LogP contribution < -0.4 is 0 Å². The number of aliphatic hydroxyl groups is 1. The van der Waals surface area contributed by atoms with Crippen LogP contribution in [0.3, 0.4) is 0 Å². The van der Waals surface area contributed by atoms with E-state index in [0.717, 1.165) is 10.0 Å². The van der Waals surface area contributed by atoms with Crippen molar-refractivity contribution in [2.75, 3.05) is 0 Å². The monoisotopic (exact) mass is 336 g/mol. The third-order valence-corrected chi connectivity index (χ3v) is 4.63. The first-order valence-corrected chi connectivity index (χ1v) is 7.12. The van der Waals surface area contributed by atoms with E-state index in [1.54, 1.807) is 0 Å². The van der Waals surface area contributed by atoms with Crippen LogP contribution >= 0.6 is 15.9 Å². The third-order valence-electron chi connectivity index (χ3n) is 3.86. The standard InChI is InChI=1S/C14H16BrF3O/c15-12-4-2-1-3-10(12)9-13(19)7-5-11(6-8-13)14(16,17)18/h1-4,11,19H,5-9H2. The van der Waals surface area contributed by atoms with Gasteiger partial charge in [-0.3, -0.25) is 0 Å². The first-order chi connectivity index (χ1) is 8.80. The molecule has 1 aliphatic rings. The van der Waals surface area contributed by atoms with Gasteiger partial charge in [0, 0.05) is 10.9 Å². The van der Waals surface area contributed by atoms with Crippen molar-refractivity contribution in [3.63, 3.8) is 0 Å². The zero-order valence-corrected chi connectivity index (χ0v) is 12.0. The number of rotatable bonds is 2. The van der Waals surface area contributed by atoms with Crippen LogP contribution in [0.15, 0.2) is 28.7 Å². The Bertz CT molecular complexity index is 437. The Morgan fingerprint density at radius 2 is 1.79 bits per heavy atom. The van der Waals surface area contributed by atoms with Crippen molar-refractivity contribution in [2.45, 2.75) is 43.9 Å². The van der Waals surface area contributed by atoms with Crippen molar-refractivity contribution in [2.24, 2.45) is 5.92 Å². The average Bonchev–Trinajstić information content (AvgIpc) is 2.31. The van der Waals surface area contributed by atoms with Gasteiger partial charge in [0.05, 0.1) is 11.5 Å². The molecule has 1 aromatic carbocycles. The molecule has 0 radical (unpaired) electrons. The van der Waals surface area contributed by atoms with Crippen molar-refractivity contribution < 1.29 is 18.3 Å². The smallest absolute Gasteiger partial charge is 0.390 e. The van der Waals surface area contributed by atoms with Crippen molar-refractivity contribution >= 4 is 15.9 Å². The Morgan fingerprint density at radius 1 is 1.21 bits per heavy atom. The third kappa shape index (κ3) is 3.72. The van der Waals surface area contributed by atoms with Crippen LogP contribution in [0, 0.1) is 5.92 Å². The van der Waals surface area contributed by atoms with Gasteiger partial charge < -0.3 is 5.11 Å². The Kier molecular flexibility index (Phi) is 4.26. The van der Waals surface area contributed by atoms with Crippen molar-refractivity contribution in [1.29, 1.82) is 0 Å². The summed E-state index contributed by atoms with van der Waals surface area (Å²) < 4.78 is 38.7. The minimum absolute atomic E-state index is 0.0183. The Morgan fingerprint density at radius 3 is 2.32 bits per heavy atom. The van der Waals surface area contributed by atoms with Crippen LogP contribution in [0.4, 0.5) is 13.2 Å². The van der Waals surface area contributed by atoms with Crippen LogP contribution in [0.1, 0.15) is 31.2 Å². The number of halogens is 4. The molecule has 5 heteroatoms. The molecular weight excluding hydrogens is 321 g/mol. The number of benzene rings is 1. The van der Waals surface area contributed by atoms with Crippen molar-refractivity contribution in [3.05, 3.63) is 34.3 Å². The predicted octanol–water partition coefficient (Wildman–Crippen LogP) is 4.48. The normalized spacial score (nSPS) is 28.4. The Labute approximate surface area is 119 Å². The summed E-state index contributed by atoms with van der Waals surface area (Å²) in [6.07, 6.45) is -3.28. The predicted molar refractivity (Wildman–Crippen MR) is 70.8 cm³/mol. The summed E-state index contributed by atoms with van der Waals surface area (Å²) in [6.45, 7) is 0. The highest BCUT2D eigenvalue weighted by molar-refractivity contribution is 9.10. The SMILES string of the molecule is OC1(Cc2ccccc2Br)CCC(C(F)(F)F)CC1. The molecule has 1 saturated carbocycles. The van der Waals surface area contributed by atoms with Crippen LogP contribution in [-0.4, -0.2) is 16.9 Å². The summed E-state index contributed by atoms with van der Waals surface area (Å²) in [6, 6.07) is 7.50. The first-order valence-electron chi connectivity index (χ1n) is 6.33. The van der Waals surface area contributed by atoms with E-state index in [4.69, 9.17) is 0 Å². The van der Waals surface area contributed by atoms with Gasteiger partial charge >= 0.3 is 6.18 Å². The fourth-order valence-electron chi connectivity index (χ4n) is 2.66. The summed E-state index contributed by atoms with van der Waals surface area (Å²) in [5.41, 5.74) is -0.0681. The summed E-state index contributed by atoms with van der Waals surface area (Å²) in [5.74, 6) is -1.26. The molecule has 0 unspecified atom stereocenters. The van der Waals surface area contributed by atoms with Gasteiger partial charge in [-0.15, -0.1) is 0 Å². The molecule has 0 spiro atoms. The van der Waals surface area contributed by atoms with E-state index in [1.165, 1.54) is 0 Å². The van der Waals surface area contributed by atoms with E-state index in [0.29, 0.717) is 6.42 Å². The maximum atomic E-state index is 12.6. The van der Waals surface area contributed by atoms with Gasteiger partial charge in [-0.2, -0.15) is 13.2 Å². The van der Waals surface area contributed by atoms with E-state index in [2.05, 4.69) is 15.9 Å². The molecule has 19 heavy (non-hydrogen) atoms. The maximum absolute atomic E-state index is 12.6. The van der Waals surface area contributed by atoms with Crippen LogP contribution in [-0.2, 0) is 6.42 Å². The molecule has 1 aliphatic carbocycles. The average molecular weight is 337 g/mol. The molecular formula is C14H16BrF3O. The lowest BCUT2D eigenvalue weighted by Crippen LogP contribution is -2.39. The topological polar surface area (TPSA) is 20.2 Å². The molecule has 0 amide bonds. The lowest BCUT2D eigenvalue weighted by atomic mass is 9.75. The van der Waals surface area contributed by atoms with Gasteiger partial charge in [0.25, 0.3) is 0 Å². The Hall–Kier alpha value is -0.550. The molecule has 0 atom stereocenters. The fourth-order valence-corrected chi connectivity index (χ4v) is 3.08. The maximum Gasteiger partial charge on any atom is 0.391 e. The van der Waals surface area contributed by atoms with Gasteiger partial charge in [-0.1, -0.05) is 34.1 Å². The highest BCUT2D eigenvalue weighted by Crippen LogP contribution is 2.42. The summed E-state index contributed by atoms with van der Waals surface area (Å²) in [4.78, 5) is 0. The van der Waals surface area contributed by atoms with E-state index < -0.39 is 17.7 Å². The van der Waals surface area contributed by atoms with Crippen LogP contribution in [0.5, 0.6) is 0 Å². The summed E-state index contributed by atoms with van der Waals surface area (Å²) in [5, 5.41) is 10.4. The zero-order chi connectivity index (χ0) is 14.1. The van der Waals surface area contributed by atoms with Gasteiger partial charge in [-0.25, -0.2) is 0 Å². The van der Waals surface area contributed by atoms with Gasteiger partial charge in [-0.05, 0) is 37.3 Å². The van der Waals surface area contributed by atoms with Crippen molar-refractivity contribution in [1.82, 2.24) is 0 Å². The second kappa shape index (κ2) is 5.44. The number of hydrogen-bond donors (Lipinski definition) is 1. The van der Waals surface area contributed by atoms with Gasteiger partial charge in [0.1, 0.15) is 0 Å². The molecule has 0 aliphatic heterocycles. The zero-order valence-electron chi connectivity index (χ0n) is 10.4. The highest BCUT2D eigenvalue weighted by Gasteiger charge is 2.45. The van der Waals surface area contributed by atoms with Gasteiger partial charge in [0.2, 0.25) is 0 Å². The molecule has 0 bridgehead atoms. The van der Waals surface area contributed by atoms with E-state index in [9.17, 15) is 18.3 Å². The molecule has 0 saturated heterocycles. The molecule has 106 valence electrons. The van der Waals surface area contributed by atoms with E-state index >= 15 is 0 Å². The van der Waals surface area contributed by atoms with Gasteiger partial charge in [0.15, 0.2) is 0 Å². The molecule has 2 rings (SSSR count). The lowest BCUT2D eigenvalue weighted by Gasteiger charge is -2.37. The molecule has 0 aromatic heterocycles. The summed E-state index contributed by atoms with van der Waals surface area (Å²) in [7, 11) is 0. The molecule has 1 nitrogen and oxygen atoms in total. The molecule has 1 N–H and O–H groups in total. The van der Waals surface area contributed by atoms with E-state index in [-0.39, 0.29) is 25.7 Å². The molecule has 1 aromatic rings. The number of hydrogen-bond acceptors (Lipinski definition) is 1. The summed E-state index contributed by atoms with van der Waals surface area (Å²) >= 11 is 3.40. The second-order valence-electron chi connectivity index (χ2n) is 5.31. The molecule has 0 heterocycles. The Balaban J connectivity index is 2.01. The van der Waals surface area contributed by atoms with Crippen LogP contribution in [0.25, 0.3) is 0 Å².